The molecule has 0 aromatic carbocycles. The van der Waals surface area contributed by atoms with Crippen LogP contribution in [-0.4, -0.2) is 38.1 Å². The Morgan fingerprint density at radius 1 is 1.12 bits per heavy atom. The first-order chi connectivity index (χ1) is 8.16. The van der Waals surface area contributed by atoms with Crippen molar-refractivity contribution in [3.05, 3.63) is 0 Å². The maximum atomic E-state index is 11.3. The summed E-state index contributed by atoms with van der Waals surface area (Å²) in [4.78, 5) is 21.6. The van der Waals surface area contributed by atoms with E-state index in [2.05, 4.69) is 5.32 Å². The first kappa shape index (κ1) is 15.9. The van der Waals surface area contributed by atoms with Gasteiger partial charge in [-0.25, -0.2) is 0 Å². The molecule has 5 N–H and O–H groups in total. The number of primary amides is 1. The van der Waals surface area contributed by atoms with Crippen molar-refractivity contribution in [2.24, 2.45) is 11.5 Å². The molecule has 0 aliphatic heterocycles. The summed E-state index contributed by atoms with van der Waals surface area (Å²) in [6.07, 6.45) is 4.53. The van der Waals surface area contributed by atoms with Gasteiger partial charge in [0.1, 0.15) is 6.61 Å². The van der Waals surface area contributed by atoms with Crippen molar-refractivity contribution < 1.29 is 14.3 Å². The van der Waals surface area contributed by atoms with Crippen molar-refractivity contribution in [1.29, 1.82) is 0 Å². The van der Waals surface area contributed by atoms with Crippen LogP contribution in [0, 0.1) is 0 Å². The smallest absolute Gasteiger partial charge is 0.243 e. The first-order valence-electron chi connectivity index (χ1n) is 5.99. The van der Waals surface area contributed by atoms with Crippen molar-refractivity contribution in [3.8, 4) is 0 Å². The maximum Gasteiger partial charge on any atom is 0.243 e. The Morgan fingerprint density at radius 2 is 1.82 bits per heavy atom. The highest BCUT2D eigenvalue weighted by atomic mass is 16.5. The minimum absolute atomic E-state index is 0.0143. The van der Waals surface area contributed by atoms with Gasteiger partial charge in [0.2, 0.25) is 11.8 Å². The molecule has 0 rings (SSSR count). The van der Waals surface area contributed by atoms with Crippen molar-refractivity contribution >= 4 is 11.8 Å². The van der Waals surface area contributed by atoms with E-state index in [-0.39, 0.29) is 12.5 Å². The van der Waals surface area contributed by atoms with Crippen LogP contribution in [0.2, 0.25) is 0 Å². The minimum Gasteiger partial charge on any atom is -0.370 e. The summed E-state index contributed by atoms with van der Waals surface area (Å²) in [5, 5.41) is 2.71. The summed E-state index contributed by atoms with van der Waals surface area (Å²) in [6, 6.07) is 0. The predicted octanol–water partition coefficient (Wildman–Crippen LogP) is -0.486. The highest BCUT2D eigenvalue weighted by Gasteiger charge is 2.00. The molecule has 0 aliphatic rings. The quantitative estimate of drug-likeness (QED) is 0.427. The standard InChI is InChI=1S/C11H23N3O3/c12-6-4-2-1-3-5-11(16)14-7-8-17-9-10(13)15/h1-9,12H2,(H2,13,15)(H,14,16). The molecule has 0 aliphatic carbocycles. The number of nitrogens with one attached hydrogen (secondary N) is 1. The Morgan fingerprint density at radius 3 is 2.47 bits per heavy atom. The van der Waals surface area contributed by atoms with Crippen LogP contribution < -0.4 is 16.8 Å². The lowest BCUT2D eigenvalue weighted by Gasteiger charge is -2.05. The molecule has 0 bridgehead atoms. The first-order valence-corrected chi connectivity index (χ1v) is 5.99. The number of carbonyl (C=O) groups excluding carboxylic acids is 2. The number of ether oxygens (including phenoxy) is 1. The second-order valence-electron chi connectivity index (χ2n) is 3.82. The molecule has 0 atom stereocenters. The Hall–Kier alpha value is -1.14. The molecule has 0 aromatic heterocycles. The molecular weight excluding hydrogens is 222 g/mol. The van der Waals surface area contributed by atoms with Gasteiger partial charge in [-0.05, 0) is 19.4 Å². The van der Waals surface area contributed by atoms with E-state index in [9.17, 15) is 9.59 Å². The third-order valence-electron chi connectivity index (χ3n) is 2.17. The largest absolute Gasteiger partial charge is 0.370 e. The van der Waals surface area contributed by atoms with Crippen LogP contribution in [0.5, 0.6) is 0 Å². The van der Waals surface area contributed by atoms with Gasteiger partial charge in [-0.2, -0.15) is 0 Å². The normalized spacial score (nSPS) is 10.2. The molecule has 6 heteroatoms. The zero-order valence-electron chi connectivity index (χ0n) is 10.2. The van der Waals surface area contributed by atoms with Gasteiger partial charge < -0.3 is 21.5 Å². The SMILES string of the molecule is NCCCCCCC(=O)NCCOCC(N)=O. The van der Waals surface area contributed by atoms with Gasteiger partial charge in [-0.1, -0.05) is 12.8 Å². The van der Waals surface area contributed by atoms with Gasteiger partial charge in [-0.15, -0.1) is 0 Å². The second kappa shape index (κ2) is 11.3. The monoisotopic (exact) mass is 245 g/mol. The lowest BCUT2D eigenvalue weighted by atomic mass is 10.1. The molecule has 17 heavy (non-hydrogen) atoms. The summed E-state index contributed by atoms with van der Waals surface area (Å²) in [7, 11) is 0. The van der Waals surface area contributed by atoms with E-state index in [0.717, 1.165) is 25.7 Å². The van der Waals surface area contributed by atoms with E-state index < -0.39 is 5.91 Å². The third kappa shape index (κ3) is 12.8. The molecular formula is C11H23N3O3. The summed E-state index contributed by atoms with van der Waals surface area (Å²) in [5.41, 5.74) is 10.2. The van der Waals surface area contributed by atoms with Gasteiger partial charge in [0, 0.05) is 13.0 Å². The van der Waals surface area contributed by atoms with Crippen LogP contribution in [0.4, 0.5) is 0 Å². The lowest BCUT2D eigenvalue weighted by molar-refractivity contribution is -0.122. The van der Waals surface area contributed by atoms with E-state index in [0.29, 0.717) is 26.1 Å². The highest BCUT2D eigenvalue weighted by molar-refractivity contribution is 5.76. The predicted molar refractivity (Wildman–Crippen MR) is 65.2 cm³/mol. The average Bonchev–Trinajstić information content (AvgIpc) is 2.28. The fraction of sp³-hybridized carbons (Fsp3) is 0.818. The Bertz CT molecular complexity index is 222. The summed E-state index contributed by atoms with van der Waals surface area (Å²) < 4.78 is 4.90. The Kier molecular flexibility index (Phi) is 10.6. The van der Waals surface area contributed by atoms with Crippen LogP contribution in [-0.2, 0) is 14.3 Å². The van der Waals surface area contributed by atoms with Crippen LogP contribution in [0.25, 0.3) is 0 Å². The van der Waals surface area contributed by atoms with E-state index >= 15 is 0 Å². The number of carbonyl (C=O) groups is 2. The molecule has 6 nitrogen and oxygen atoms in total. The van der Waals surface area contributed by atoms with E-state index in [1.165, 1.54) is 0 Å². The zero-order chi connectivity index (χ0) is 12.9. The van der Waals surface area contributed by atoms with Crippen LogP contribution in [0.1, 0.15) is 32.1 Å². The van der Waals surface area contributed by atoms with Crippen molar-refractivity contribution in [2.45, 2.75) is 32.1 Å². The molecule has 100 valence electrons. The molecule has 0 heterocycles. The minimum atomic E-state index is -0.503. The Labute approximate surface area is 102 Å². The van der Waals surface area contributed by atoms with Gasteiger partial charge in [0.05, 0.1) is 6.61 Å². The van der Waals surface area contributed by atoms with Gasteiger partial charge in [0.15, 0.2) is 0 Å². The number of amides is 2. The molecule has 2 amide bonds. The fourth-order valence-electron chi connectivity index (χ4n) is 1.31. The molecule has 0 aromatic rings. The summed E-state index contributed by atoms with van der Waals surface area (Å²) in [5.74, 6) is -0.489. The van der Waals surface area contributed by atoms with Crippen LogP contribution in [0.15, 0.2) is 0 Å². The van der Waals surface area contributed by atoms with Gasteiger partial charge >= 0.3 is 0 Å². The second-order valence-corrected chi connectivity index (χ2v) is 3.82. The maximum absolute atomic E-state index is 11.3. The molecule has 0 saturated carbocycles. The number of hydrogen-bond donors (Lipinski definition) is 3. The van der Waals surface area contributed by atoms with Gasteiger partial charge in [-0.3, -0.25) is 9.59 Å². The fourth-order valence-corrected chi connectivity index (χ4v) is 1.31. The summed E-state index contributed by atoms with van der Waals surface area (Å²) >= 11 is 0. The number of unbranched alkanes of at least 4 members (excludes halogenated alkanes) is 3. The molecule has 0 fully saturated rings. The van der Waals surface area contributed by atoms with E-state index in [1.54, 1.807) is 0 Å². The number of hydrogen-bond acceptors (Lipinski definition) is 4. The van der Waals surface area contributed by atoms with E-state index in [4.69, 9.17) is 16.2 Å². The topological polar surface area (TPSA) is 107 Å². The number of rotatable bonds is 11. The van der Waals surface area contributed by atoms with Gasteiger partial charge in [0.25, 0.3) is 0 Å². The zero-order valence-corrected chi connectivity index (χ0v) is 10.2. The molecule has 0 spiro atoms. The summed E-state index contributed by atoms with van der Waals surface area (Å²) in [6.45, 7) is 1.33. The van der Waals surface area contributed by atoms with Crippen LogP contribution >= 0.6 is 0 Å². The van der Waals surface area contributed by atoms with E-state index in [1.807, 2.05) is 0 Å². The van der Waals surface area contributed by atoms with Crippen molar-refractivity contribution in [1.82, 2.24) is 5.32 Å². The number of nitrogens with two attached hydrogens (primary N) is 2. The Balaban J connectivity index is 3.20. The van der Waals surface area contributed by atoms with Crippen molar-refractivity contribution in [3.63, 3.8) is 0 Å². The molecule has 0 saturated heterocycles. The lowest BCUT2D eigenvalue weighted by Crippen LogP contribution is -2.28. The average molecular weight is 245 g/mol. The molecule has 0 radical (unpaired) electrons. The van der Waals surface area contributed by atoms with Crippen LogP contribution in [0.3, 0.4) is 0 Å². The highest BCUT2D eigenvalue weighted by Crippen LogP contribution is 2.01. The third-order valence-corrected chi connectivity index (χ3v) is 2.17. The van der Waals surface area contributed by atoms with Crippen molar-refractivity contribution in [2.75, 3.05) is 26.3 Å². The molecule has 0 unspecified atom stereocenters.